The van der Waals surface area contributed by atoms with Gasteiger partial charge in [-0.1, -0.05) is 18.2 Å². The third kappa shape index (κ3) is 3.62. The van der Waals surface area contributed by atoms with Crippen LogP contribution in [0.25, 0.3) is 0 Å². The fourth-order valence-corrected chi connectivity index (χ4v) is 2.11. The van der Waals surface area contributed by atoms with Crippen LogP contribution in [0.4, 0.5) is 5.69 Å². The minimum absolute atomic E-state index is 0.990. The van der Waals surface area contributed by atoms with Gasteiger partial charge in [-0.3, -0.25) is 0 Å². The van der Waals surface area contributed by atoms with Crippen molar-refractivity contribution in [3.8, 4) is 0 Å². The Balaban J connectivity index is 0.000000134. The van der Waals surface area contributed by atoms with E-state index in [1.165, 1.54) is 37.2 Å². The van der Waals surface area contributed by atoms with E-state index in [0.29, 0.717) is 0 Å². The molecule has 1 aromatic heterocycles. The van der Waals surface area contributed by atoms with Crippen molar-refractivity contribution in [2.45, 2.75) is 32.7 Å². The molecule has 0 saturated heterocycles. The van der Waals surface area contributed by atoms with Crippen molar-refractivity contribution >= 4 is 5.69 Å². The van der Waals surface area contributed by atoms with Crippen LogP contribution in [0.3, 0.4) is 0 Å². The number of benzene rings is 1. The van der Waals surface area contributed by atoms with Gasteiger partial charge in [0.1, 0.15) is 0 Å². The fraction of sp³-hybridized carbons (Fsp3) is 0.400. The van der Waals surface area contributed by atoms with Crippen LogP contribution in [0.5, 0.6) is 0 Å². The van der Waals surface area contributed by atoms with Gasteiger partial charge in [0, 0.05) is 30.7 Å². The highest BCUT2D eigenvalue weighted by Gasteiger charge is 2.05. The van der Waals surface area contributed by atoms with Crippen molar-refractivity contribution in [2.75, 3.05) is 11.9 Å². The molecule has 0 unspecified atom stereocenters. The molecule has 2 heterocycles. The first-order valence-corrected chi connectivity index (χ1v) is 6.68. The molecule has 3 heteroatoms. The Bertz CT molecular complexity index is 427. The molecule has 1 aliphatic heterocycles. The lowest BCUT2D eigenvalue weighted by molar-refractivity contribution is 0.532. The summed E-state index contributed by atoms with van der Waals surface area (Å²) in [6.07, 6.45) is 7.78. The summed E-state index contributed by atoms with van der Waals surface area (Å²) in [4.78, 5) is 4.07. The van der Waals surface area contributed by atoms with Crippen molar-refractivity contribution < 1.29 is 0 Å². The molecule has 1 aliphatic rings. The number of rotatable bonds is 2. The lowest BCUT2D eigenvalue weighted by Gasteiger charge is -2.12. The van der Waals surface area contributed by atoms with Gasteiger partial charge in [-0.2, -0.15) is 0 Å². The molecule has 0 amide bonds. The van der Waals surface area contributed by atoms with Crippen LogP contribution < -0.4 is 5.32 Å². The second-order valence-electron chi connectivity index (χ2n) is 4.43. The summed E-state index contributed by atoms with van der Waals surface area (Å²) in [7, 11) is 0. The smallest absolute Gasteiger partial charge is 0.0948 e. The zero-order valence-electron chi connectivity index (χ0n) is 11.0. The van der Waals surface area contributed by atoms with E-state index in [1.807, 2.05) is 30.7 Å². The summed E-state index contributed by atoms with van der Waals surface area (Å²) in [5, 5.41) is 3.21. The molecule has 0 atom stereocenters. The highest BCUT2D eigenvalue weighted by molar-refractivity contribution is 5.41. The van der Waals surface area contributed by atoms with Crippen LogP contribution in [-0.2, 0) is 13.0 Å². The third-order valence-corrected chi connectivity index (χ3v) is 3.04. The molecule has 18 heavy (non-hydrogen) atoms. The Kier molecular flexibility index (Phi) is 4.82. The van der Waals surface area contributed by atoms with Crippen LogP contribution in [0.2, 0.25) is 0 Å². The Morgan fingerprint density at radius 3 is 2.78 bits per heavy atom. The number of nitrogens with one attached hydrogen (secondary N) is 1. The van der Waals surface area contributed by atoms with Gasteiger partial charge in [0.15, 0.2) is 0 Å². The van der Waals surface area contributed by atoms with Crippen LogP contribution in [0, 0.1) is 0 Å². The predicted molar refractivity (Wildman–Crippen MR) is 75.8 cm³/mol. The Hall–Kier alpha value is -1.77. The molecule has 1 aromatic carbocycles. The zero-order valence-corrected chi connectivity index (χ0v) is 11.0. The van der Waals surface area contributed by atoms with Gasteiger partial charge in [0.05, 0.1) is 6.33 Å². The highest BCUT2D eigenvalue weighted by Crippen LogP contribution is 2.12. The second kappa shape index (κ2) is 6.84. The quantitative estimate of drug-likeness (QED) is 0.876. The van der Waals surface area contributed by atoms with E-state index in [2.05, 4.69) is 33.9 Å². The Morgan fingerprint density at radius 2 is 2.06 bits per heavy atom. The molecule has 1 N–H and O–H groups in total. The maximum absolute atomic E-state index is 4.07. The SMILES string of the molecule is CCNc1ccccc1.c1ncn2c1CCCC2. The molecule has 0 spiro atoms. The largest absolute Gasteiger partial charge is 0.385 e. The highest BCUT2D eigenvalue weighted by atomic mass is 15.0. The van der Waals surface area contributed by atoms with Gasteiger partial charge >= 0.3 is 0 Å². The first-order valence-electron chi connectivity index (χ1n) is 6.68. The molecular formula is C15H21N3. The van der Waals surface area contributed by atoms with Gasteiger partial charge in [0.25, 0.3) is 0 Å². The third-order valence-electron chi connectivity index (χ3n) is 3.04. The second-order valence-corrected chi connectivity index (χ2v) is 4.43. The van der Waals surface area contributed by atoms with Crippen molar-refractivity contribution in [2.24, 2.45) is 0 Å². The lowest BCUT2D eigenvalue weighted by Crippen LogP contribution is -2.07. The van der Waals surface area contributed by atoms with E-state index in [1.54, 1.807) is 0 Å². The first-order chi connectivity index (χ1) is 8.90. The molecule has 3 rings (SSSR count). The summed E-state index contributed by atoms with van der Waals surface area (Å²) in [5.74, 6) is 0. The molecule has 2 aromatic rings. The minimum atomic E-state index is 0.990. The van der Waals surface area contributed by atoms with Crippen LogP contribution in [0.1, 0.15) is 25.5 Å². The molecule has 0 bridgehead atoms. The first kappa shape index (κ1) is 12.7. The van der Waals surface area contributed by atoms with Gasteiger partial charge < -0.3 is 9.88 Å². The molecule has 0 fully saturated rings. The summed E-state index contributed by atoms with van der Waals surface area (Å²) in [6.45, 7) is 4.26. The van der Waals surface area contributed by atoms with Gasteiger partial charge in [0.2, 0.25) is 0 Å². The number of nitrogens with zero attached hydrogens (tertiary/aromatic N) is 2. The van der Waals surface area contributed by atoms with E-state index >= 15 is 0 Å². The number of aryl methyl sites for hydroxylation is 2. The minimum Gasteiger partial charge on any atom is -0.385 e. The normalized spacial score (nSPS) is 13.2. The van der Waals surface area contributed by atoms with Crippen molar-refractivity contribution in [1.82, 2.24) is 9.55 Å². The molecule has 0 aliphatic carbocycles. The monoisotopic (exact) mass is 243 g/mol. The predicted octanol–water partition coefficient (Wildman–Crippen LogP) is 3.34. The van der Waals surface area contributed by atoms with Gasteiger partial charge in [-0.15, -0.1) is 0 Å². The zero-order chi connectivity index (χ0) is 12.6. The van der Waals surface area contributed by atoms with E-state index < -0.39 is 0 Å². The molecule has 96 valence electrons. The van der Waals surface area contributed by atoms with E-state index in [9.17, 15) is 0 Å². The van der Waals surface area contributed by atoms with Crippen LogP contribution in [-0.4, -0.2) is 16.1 Å². The fourth-order valence-electron chi connectivity index (χ4n) is 2.11. The van der Waals surface area contributed by atoms with Crippen LogP contribution >= 0.6 is 0 Å². The Labute approximate surface area is 109 Å². The lowest BCUT2D eigenvalue weighted by atomic mass is 10.1. The average Bonchev–Trinajstić information content (AvgIpc) is 2.89. The number of fused-ring (bicyclic) bond motifs is 1. The Morgan fingerprint density at radius 1 is 1.22 bits per heavy atom. The number of hydrogen-bond acceptors (Lipinski definition) is 2. The summed E-state index contributed by atoms with van der Waals surface area (Å²) in [5.41, 5.74) is 2.60. The van der Waals surface area contributed by atoms with Crippen molar-refractivity contribution in [1.29, 1.82) is 0 Å². The average molecular weight is 243 g/mol. The number of aromatic nitrogens is 2. The standard InChI is InChI=1S/C8H11N.C7H10N2/c1-2-9-8-6-4-3-5-7-8;1-2-4-9-6-8-5-7(9)3-1/h3-7,9H,2H2,1H3;5-6H,1-4H2. The van der Waals surface area contributed by atoms with Crippen molar-refractivity contribution in [3.63, 3.8) is 0 Å². The molecule has 0 saturated carbocycles. The maximum Gasteiger partial charge on any atom is 0.0948 e. The van der Waals surface area contributed by atoms with E-state index in [0.717, 1.165) is 6.54 Å². The summed E-state index contributed by atoms with van der Waals surface area (Å²) >= 11 is 0. The topological polar surface area (TPSA) is 29.9 Å². The maximum atomic E-state index is 4.07. The molecule has 3 nitrogen and oxygen atoms in total. The van der Waals surface area contributed by atoms with Crippen molar-refractivity contribution in [3.05, 3.63) is 48.5 Å². The molecule has 0 radical (unpaired) electrons. The number of imidazole rings is 1. The number of para-hydroxylation sites is 1. The summed E-state index contributed by atoms with van der Waals surface area (Å²) < 4.78 is 2.24. The van der Waals surface area contributed by atoms with E-state index in [-0.39, 0.29) is 0 Å². The number of hydrogen-bond donors (Lipinski definition) is 1. The van der Waals surface area contributed by atoms with Crippen LogP contribution in [0.15, 0.2) is 42.9 Å². The van der Waals surface area contributed by atoms with Gasteiger partial charge in [-0.25, -0.2) is 4.98 Å². The molecular weight excluding hydrogens is 222 g/mol. The van der Waals surface area contributed by atoms with E-state index in [4.69, 9.17) is 0 Å². The van der Waals surface area contributed by atoms with Gasteiger partial charge in [-0.05, 0) is 38.3 Å². The number of anilines is 1. The summed E-state index contributed by atoms with van der Waals surface area (Å²) in [6, 6.07) is 10.2.